The molecule has 0 bridgehead atoms. The van der Waals surface area contributed by atoms with Gasteiger partial charge in [0, 0.05) is 13.7 Å². The topological polar surface area (TPSA) is 80.6 Å². The lowest BCUT2D eigenvalue weighted by atomic mass is 10.4. The molecule has 1 aromatic rings. The Balaban J connectivity index is 2.55. The van der Waals surface area contributed by atoms with Crippen LogP contribution in [0.2, 0.25) is 0 Å². The summed E-state index contributed by atoms with van der Waals surface area (Å²) in [5.41, 5.74) is 0. The first-order valence-corrected chi connectivity index (χ1v) is 6.80. The van der Waals surface area contributed by atoms with Gasteiger partial charge in [0.05, 0.1) is 19.7 Å². The number of terminal acetylenes is 1. The van der Waals surface area contributed by atoms with Gasteiger partial charge in [-0.15, -0.1) is 6.42 Å². The van der Waals surface area contributed by atoms with Crippen LogP contribution in [0.5, 0.6) is 0 Å². The fourth-order valence-corrected chi connectivity index (χ4v) is 2.07. The van der Waals surface area contributed by atoms with Crippen LogP contribution in [0.15, 0.2) is 21.6 Å². The van der Waals surface area contributed by atoms with Gasteiger partial charge >= 0.3 is 0 Å². The second-order valence-corrected chi connectivity index (χ2v) is 5.12. The average molecular weight is 272 g/mol. The molecule has 100 valence electrons. The van der Waals surface area contributed by atoms with Crippen LogP contribution in [-0.2, 0) is 21.3 Å². The second kappa shape index (κ2) is 7.18. The van der Waals surface area contributed by atoms with E-state index < -0.39 is 10.0 Å². The van der Waals surface area contributed by atoms with Gasteiger partial charge in [-0.2, -0.15) is 4.72 Å². The Morgan fingerprint density at radius 2 is 2.28 bits per heavy atom. The van der Waals surface area contributed by atoms with Crippen LogP contribution < -0.4 is 10.0 Å². The molecular formula is C11H16N2O4S. The van der Waals surface area contributed by atoms with Gasteiger partial charge in [0.15, 0.2) is 0 Å². The van der Waals surface area contributed by atoms with E-state index in [0.717, 1.165) is 0 Å². The zero-order valence-corrected chi connectivity index (χ0v) is 10.9. The summed E-state index contributed by atoms with van der Waals surface area (Å²) in [5, 5.41) is 2.91. The molecule has 18 heavy (non-hydrogen) atoms. The van der Waals surface area contributed by atoms with Crippen molar-refractivity contribution in [3.63, 3.8) is 0 Å². The summed E-state index contributed by atoms with van der Waals surface area (Å²) >= 11 is 0. The van der Waals surface area contributed by atoms with Gasteiger partial charge in [0.25, 0.3) is 10.0 Å². The molecule has 0 atom stereocenters. The number of ether oxygens (including phenoxy) is 1. The molecule has 0 unspecified atom stereocenters. The Morgan fingerprint density at radius 3 is 2.94 bits per heavy atom. The minimum atomic E-state index is -3.65. The smallest absolute Gasteiger partial charge is 0.274 e. The first-order valence-electron chi connectivity index (χ1n) is 5.31. The molecule has 0 saturated carbocycles. The molecule has 2 N–H and O–H groups in total. The van der Waals surface area contributed by atoms with Gasteiger partial charge < -0.3 is 14.5 Å². The van der Waals surface area contributed by atoms with Crippen LogP contribution in [0.25, 0.3) is 0 Å². The summed E-state index contributed by atoms with van der Waals surface area (Å²) in [6, 6.07) is 3.00. The normalized spacial score (nSPS) is 11.3. The SMILES string of the molecule is C#CCNS(=O)(=O)c1ccc(CNCCOC)o1. The van der Waals surface area contributed by atoms with E-state index in [1.807, 2.05) is 0 Å². The van der Waals surface area contributed by atoms with Crippen LogP contribution in [0, 0.1) is 12.3 Å². The predicted octanol–water partition coefficient (Wildman–Crippen LogP) is -0.0729. The first-order chi connectivity index (χ1) is 8.60. The number of rotatable bonds is 8. The quantitative estimate of drug-likeness (QED) is 0.511. The summed E-state index contributed by atoms with van der Waals surface area (Å²) < 4.78 is 35.6. The van der Waals surface area contributed by atoms with Crippen LogP contribution in [-0.4, -0.2) is 35.2 Å². The fraction of sp³-hybridized carbons (Fsp3) is 0.455. The number of hydrogen-bond acceptors (Lipinski definition) is 5. The third-order valence-electron chi connectivity index (χ3n) is 2.05. The van der Waals surface area contributed by atoms with Crippen molar-refractivity contribution in [1.29, 1.82) is 0 Å². The maximum atomic E-state index is 11.6. The highest BCUT2D eigenvalue weighted by molar-refractivity contribution is 7.89. The molecule has 0 fully saturated rings. The molecule has 0 radical (unpaired) electrons. The molecule has 0 amide bonds. The minimum absolute atomic E-state index is 0.0650. The average Bonchev–Trinajstić information content (AvgIpc) is 2.82. The Kier molecular flexibility index (Phi) is 5.88. The monoisotopic (exact) mass is 272 g/mol. The van der Waals surface area contributed by atoms with E-state index in [9.17, 15) is 8.42 Å². The zero-order chi connectivity index (χ0) is 13.4. The van der Waals surface area contributed by atoms with Gasteiger partial charge in [-0.05, 0) is 12.1 Å². The molecular weight excluding hydrogens is 256 g/mol. The number of furan rings is 1. The summed E-state index contributed by atoms with van der Waals surface area (Å²) in [7, 11) is -2.04. The van der Waals surface area contributed by atoms with Gasteiger partial charge in [-0.3, -0.25) is 0 Å². The van der Waals surface area contributed by atoms with Crippen molar-refractivity contribution in [1.82, 2.24) is 10.0 Å². The van der Waals surface area contributed by atoms with Crippen molar-refractivity contribution in [2.45, 2.75) is 11.6 Å². The third kappa shape index (κ3) is 4.50. The zero-order valence-electron chi connectivity index (χ0n) is 10.1. The minimum Gasteiger partial charge on any atom is -0.447 e. The van der Waals surface area contributed by atoms with Gasteiger partial charge in [0.1, 0.15) is 5.76 Å². The van der Waals surface area contributed by atoms with E-state index in [-0.39, 0.29) is 11.6 Å². The molecule has 1 aromatic heterocycles. The largest absolute Gasteiger partial charge is 0.447 e. The highest BCUT2D eigenvalue weighted by Gasteiger charge is 2.17. The van der Waals surface area contributed by atoms with Gasteiger partial charge in [-0.25, -0.2) is 8.42 Å². The van der Waals surface area contributed by atoms with E-state index in [0.29, 0.717) is 25.5 Å². The highest BCUT2D eigenvalue weighted by Crippen LogP contribution is 2.13. The lowest BCUT2D eigenvalue weighted by molar-refractivity contribution is 0.198. The van der Waals surface area contributed by atoms with Crippen molar-refractivity contribution in [3.8, 4) is 12.3 Å². The second-order valence-electron chi connectivity index (χ2n) is 3.42. The van der Waals surface area contributed by atoms with E-state index in [1.165, 1.54) is 6.07 Å². The van der Waals surface area contributed by atoms with Crippen LogP contribution in [0.1, 0.15) is 5.76 Å². The van der Waals surface area contributed by atoms with Crippen molar-refractivity contribution in [3.05, 3.63) is 17.9 Å². The summed E-state index contributed by atoms with van der Waals surface area (Å²) in [5.74, 6) is 2.72. The molecule has 0 aliphatic carbocycles. The predicted molar refractivity (Wildman–Crippen MR) is 66.3 cm³/mol. The molecule has 1 heterocycles. The standard InChI is InChI=1S/C11H16N2O4S/c1-3-6-13-18(14,15)11-5-4-10(17-11)9-12-7-8-16-2/h1,4-5,12-13H,6-9H2,2H3. The lowest BCUT2D eigenvalue weighted by Crippen LogP contribution is -2.23. The van der Waals surface area contributed by atoms with E-state index >= 15 is 0 Å². The van der Waals surface area contributed by atoms with Crippen molar-refractivity contribution in [2.75, 3.05) is 26.8 Å². The maximum absolute atomic E-state index is 11.6. The molecule has 0 aromatic carbocycles. The molecule has 0 aliphatic heterocycles. The molecule has 0 aliphatic rings. The molecule has 7 heteroatoms. The van der Waals surface area contributed by atoms with Crippen LogP contribution >= 0.6 is 0 Å². The number of methoxy groups -OCH3 is 1. The van der Waals surface area contributed by atoms with Crippen molar-refractivity contribution in [2.24, 2.45) is 0 Å². The molecule has 6 nitrogen and oxygen atoms in total. The summed E-state index contributed by atoms with van der Waals surface area (Å²) in [6.07, 6.45) is 4.98. The highest BCUT2D eigenvalue weighted by atomic mass is 32.2. The lowest BCUT2D eigenvalue weighted by Gasteiger charge is -2.02. The fourth-order valence-electron chi connectivity index (χ4n) is 1.19. The van der Waals surface area contributed by atoms with Crippen molar-refractivity contribution < 1.29 is 17.6 Å². The van der Waals surface area contributed by atoms with Gasteiger partial charge in [-0.1, -0.05) is 5.92 Å². The Labute approximate surface area is 107 Å². The third-order valence-corrected chi connectivity index (χ3v) is 3.32. The molecule has 1 rings (SSSR count). The van der Waals surface area contributed by atoms with E-state index in [1.54, 1.807) is 13.2 Å². The van der Waals surface area contributed by atoms with E-state index in [4.69, 9.17) is 15.6 Å². The molecule has 0 saturated heterocycles. The summed E-state index contributed by atoms with van der Waals surface area (Å²) in [6.45, 7) is 1.61. The Hall–Kier alpha value is -1.33. The number of hydrogen-bond donors (Lipinski definition) is 2. The number of sulfonamides is 1. The Morgan fingerprint density at radius 1 is 1.50 bits per heavy atom. The van der Waals surface area contributed by atoms with Crippen LogP contribution in [0.3, 0.4) is 0 Å². The van der Waals surface area contributed by atoms with Crippen LogP contribution in [0.4, 0.5) is 0 Å². The first kappa shape index (κ1) is 14.7. The van der Waals surface area contributed by atoms with Gasteiger partial charge in [0.2, 0.25) is 5.09 Å². The number of nitrogens with one attached hydrogen (secondary N) is 2. The summed E-state index contributed by atoms with van der Waals surface area (Å²) in [4.78, 5) is 0. The Bertz CT molecular complexity index is 501. The van der Waals surface area contributed by atoms with E-state index in [2.05, 4.69) is 16.0 Å². The van der Waals surface area contributed by atoms with Crippen molar-refractivity contribution >= 4 is 10.0 Å². The molecule has 0 spiro atoms. The maximum Gasteiger partial charge on any atom is 0.274 e.